The summed E-state index contributed by atoms with van der Waals surface area (Å²) in [6.07, 6.45) is 1.66. The van der Waals surface area contributed by atoms with E-state index >= 15 is 0 Å². The molecule has 0 aliphatic carbocycles. The first kappa shape index (κ1) is 18.4. The van der Waals surface area contributed by atoms with Crippen molar-refractivity contribution in [1.82, 2.24) is 15.2 Å². The highest BCUT2D eigenvalue weighted by Crippen LogP contribution is 2.21. The molecule has 0 aliphatic rings. The summed E-state index contributed by atoms with van der Waals surface area (Å²) in [4.78, 5) is 14.5. The molecule has 2 aromatic carbocycles. The van der Waals surface area contributed by atoms with Gasteiger partial charge in [0.1, 0.15) is 5.75 Å². The first-order chi connectivity index (χ1) is 13.1. The zero-order chi connectivity index (χ0) is 19.1. The Morgan fingerprint density at radius 2 is 2.00 bits per heavy atom. The lowest BCUT2D eigenvalue weighted by Gasteiger charge is -1.99. The van der Waals surface area contributed by atoms with E-state index in [9.17, 15) is 10.1 Å². The minimum absolute atomic E-state index is 0.0721. The van der Waals surface area contributed by atoms with Gasteiger partial charge >= 0.3 is 0 Å². The molecule has 3 rings (SSSR count). The van der Waals surface area contributed by atoms with Crippen LogP contribution in [0, 0.1) is 10.1 Å². The van der Waals surface area contributed by atoms with Crippen molar-refractivity contribution in [3.63, 3.8) is 0 Å². The number of benzene rings is 2. The van der Waals surface area contributed by atoms with Gasteiger partial charge in [-0.25, -0.2) is 10.5 Å². The van der Waals surface area contributed by atoms with Crippen LogP contribution in [0.3, 0.4) is 0 Å². The Morgan fingerprint density at radius 3 is 2.67 bits per heavy atom. The van der Waals surface area contributed by atoms with Gasteiger partial charge in [0.15, 0.2) is 0 Å². The Kier molecular flexibility index (Phi) is 6.00. The number of hydrazone groups is 1. The van der Waals surface area contributed by atoms with Crippen LogP contribution < -0.4 is 10.2 Å². The number of nitro groups is 1. The second kappa shape index (κ2) is 8.81. The van der Waals surface area contributed by atoms with Crippen molar-refractivity contribution in [2.75, 3.05) is 12.5 Å². The third-order valence-electron chi connectivity index (χ3n) is 3.48. The number of H-pyrrole nitrogens is 1. The van der Waals surface area contributed by atoms with Crippen LogP contribution in [0.1, 0.15) is 11.1 Å². The summed E-state index contributed by atoms with van der Waals surface area (Å²) in [6, 6.07) is 13.9. The standard InChI is InChI=1S/C17H16N6O3S/c1-26-15-8-4-12(5-9-15)10-18-20-16-19-17(22-21-16)27-11-13-2-6-14(7-3-13)23(24)25/h2-10H,11H2,1H3,(H2,19,20,21,22)/b18-10-. The number of hydrogen-bond donors (Lipinski definition) is 2. The highest BCUT2D eigenvalue weighted by molar-refractivity contribution is 7.98. The fourth-order valence-corrected chi connectivity index (χ4v) is 2.83. The van der Waals surface area contributed by atoms with E-state index in [1.807, 2.05) is 24.3 Å². The minimum atomic E-state index is -0.420. The lowest BCUT2D eigenvalue weighted by molar-refractivity contribution is -0.384. The van der Waals surface area contributed by atoms with Crippen LogP contribution in [0.2, 0.25) is 0 Å². The summed E-state index contributed by atoms with van der Waals surface area (Å²) in [6.45, 7) is 0. The molecule has 0 saturated heterocycles. The largest absolute Gasteiger partial charge is 0.497 e. The molecule has 0 atom stereocenters. The average Bonchev–Trinajstić information content (AvgIpc) is 3.15. The molecule has 0 amide bonds. The molecule has 138 valence electrons. The zero-order valence-corrected chi connectivity index (χ0v) is 15.1. The van der Waals surface area contributed by atoms with Gasteiger partial charge in [0.2, 0.25) is 11.1 Å². The first-order valence-corrected chi connectivity index (χ1v) is 8.84. The fourth-order valence-electron chi connectivity index (χ4n) is 2.08. The number of nitro benzene ring substituents is 1. The highest BCUT2D eigenvalue weighted by atomic mass is 32.2. The summed E-state index contributed by atoms with van der Waals surface area (Å²) < 4.78 is 5.10. The topological polar surface area (TPSA) is 118 Å². The molecule has 10 heteroatoms. The lowest BCUT2D eigenvalue weighted by atomic mass is 10.2. The van der Waals surface area contributed by atoms with Gasteiger partial charge in [0, 0.05) is 17.9 Å². The normalized spacial score (nSPS) is 10.9. The molecule has 0 bridgehead atoms. The smallest absolute Gasteiger partial charge is 0.269 e. The molecule has 0 fully saturated rings. The number of rotatable bonds is 8. The van der Waals surface area contributed by atoms with Crippen molar-refractivity contribution in [3.8, 4) is 5.75 Å². The Labute approximate surface area is 159 Å². The van der Waals surface area contributed by atoms with Crippen molar-refractivity contribution in [1.29, 1.82) is 0 Å². The number of ether oxygens (including phenoxy) is 1. The number of methoxy groups -OCH3 is 1. The molecule has 0 spiro atoms. The lowest BCUT2D eigenvalue weighted by Crippen LogP contribution is -1.92. The van der Waals surface area contributed by atoms with Crippen molar-refractivity contribution < 1.29 is 9.66 Å². The zero-order valence-electron chi connectivity index (χ0n) is 14.3. The maximum absolute atomic E-state index is 10.7. The van der Waals surface area contributed by atoms with Gasteiger partial charge in [0.05, 0.1) is 18.2 Å². The molecule has 0 saturated carbocycles. The van der Waals surface area contributed by atoms with Gasteiger partial charge in [-0.2, -0.15) is 10.1 Å². The molecular weight excluding hydrogens is 368 g/mol. The third kappa shape index (κ3) is 5.28. The quantitative estimate of drug-likeness (QED) is 0.264. The van der Waals surface area contributed by atoms with Gasteiger partial charge in [0.25, 0.3) is 5.69 Å². The number of anilines is 1. The maximum atomic E-state index is 10.7. The molecule has 2 N–H and O–H groups in total. The van der Waals surface area contributed by atoms with Crippen LogP contribution in [-0.4, -0.2) is 33.4 Å². The second-order valence-corrected chi connectivity index (χ2v) is 6.26. The van der Waals surface area contributed by atoms with Crippen molar-refractivity contribution in [2.24, 2.45) is 5.10 Å². The van der Waals surface area contributed by atoms with Gasteiger partial charge in [-0.3, -0.25) is 10.1 Å². The Bertz CT molecular complexity index is 925. The monoisotopic (exact) mass is 384 g/mol. The van der Waals surface area contributed by atoms with E-state index in [0.29, 0.717) is 16.9 Å². The minimum Gasteiger partial charge on any atom is -0.497 e. The van der Waals surface area contributed by atoms with Crippen LogP contribution >= 0.6 is 11.8 Å². The maximum Gasteiger partial charge on any atom is 0.269 e. The fraction of sp³-hybridized carbons (Fsp3) is 0.118. The molecule has 9 nitrogen and oxygen atoms in total. The summed E-state index contributed by atoms with van der Waals surface area (Å²) in [5.41, 5.74) is 4.71. The number of nitrogens with one attached hydrogen (secondary N) is 2. The predicted octanol–water partition coefficient (Wildman–Crippen LogP) is 3.46. The molecule has 0 unspecified atom stereocenters. The first-order valence-electron chi connectivity index (χ1n) is 7.86. The summed E-state index contributed by atoms with van der Waals surface area (Å²) in [5, 5.41) is 22.2. The van der Waals surface area contributed by atoms with E-state index < -0.39 is 4.92 Å². The molecule has 1 heterocycles. The van der Waals surface area contributed by atoms with E-state index in [0.717, 1.165) is 16.9 Å². The van der Waals surface area contributed by atoms with Crippen LogP contribution in [0.25, 0.3) is 0 Å². The van der Waals surface area contributed by atoms with Crippen molar-refractivity contribution >= 4 is 29.6 Å². The van der Waals surface area contributed by atoms with Gasteiger partial charge in [-0.05, 0) is 35.4 Å². The van der Waals surface area contributed by atoms with E-state index in [4.69, 9.17) is 4.74 Å². The third-order valence-corrected chi connectivity index (χ3v) is 4.40. The van der Waals surface area contributed by atoms with E-state index in [1.165, 1.54) is 23.9 Å². The number of thioether (sulfide) groups is 1. The number of aromatic nitrogens is 3. The van der Waals surface area contributed by atoms with Crippen LogP contribution in [0.4, 0.5) is 11.6 Å². The predicted molar refractivity (Wildman–Crippen MR) is 103 cm³/mol. The molecule has 0 aliphatic heterocycles. The summed E-state index contributed by atoms with van der Waals surface area (Å²) >= 11 is 1.41. The Morgan fingerprint density at radius 1 is 1.26 bits per heavy atom. The van der Waals surface area contributed by atoms with Crippen LogP contribution in [0.15, 0.2) is 58.8 Å². The highest BCUT2D eigenvalue weighted by Gasteiger charge is 2.06. The molecule has 27 heavy (non-hydrogen) atoms. The Hall–Kier alpha value is -3.40. The Balaban J connectivity index is 1.50. The van der Waals surface area contributed by atoms with Crippen molar-refractivity contribution in [3.05, 3.63) is 69.8 Å². The number of non-ortho nitro benzene ring substituents is 1. The van der Waals surface area contributed by atoms with E-state index in [-0.39, 0.29) is 5.69 Å². The average molecular weight is 384 g/mol. The van der Waals surface area contributed by atoms with E-state index in [2.05, 4.69) is 25.7 Å². The summed E-state index contributed by atoms with van der Waals surface area (Å²) in [7, 11) is 1.62. The number of hydrogen-bond acceptors (Lipinski definition) is 8. The second-order valence-electron chi connectivity index (χ2n) is 5.32. The molecule has 0 radical (unpaired) electrons. The molecule has 1 aromatic heterocycles. The van der Waals surface area contributed by atoms with Gasteiger partial charge in [-0.15, -0.1) is 5.10 Å². The van der Waals surface area contributed by atoms with Crippen molar-refractivity contribution in [2.45, 2.75) is 10.9 Å². The van der Waals surface area contributed by atoms with Gasteiger partial charge < -0.3 is 4.74 Å². The SMILES string of the molecule is COc1ccc(/C=N\Nc2nc(SCc3ccc([N+](=O)[O-])cc3)n[nH]2)cc1. The van der Waals surface area contributed by atoms with Gasteiger partial charge in [-0.1, -0.05) is 23.9 Å². The summed E-state index contributed by atoms with van der Waals surface area (Å²) in [5.74, 6) is 1.81. The van der Waals surface area contributed by atoms with Crippen LogP contribution in [-0.2, 0) is 5.75 Å². The molecule has 3 aromatic rings. The number of aromatic amines is 1. The number of nitrogens with zero attached hydrogens (tertiary/aromatic N) is 4. The van der Waals surface area contributed by atoms with Crippen LogP contribution in [0.5, 0.6) is 5.75 Å². The van der Waals surface area contributed by atoms with E-state index in [1.54, 1.807) is 25.5 Å². The molecular formula is C17H16N6O3S.